The first-order chi connectivity index (χ1) is 10.8. The van der Waals surface area contributed by atoms with Gasteiger partial charge in [0.25, 0.3) is 0 Å². The predicted octanol–water partition coefficient (Wildman–Crippen LogP) is 1.60. The summed E-state index contributed by atoms with van der Waals surface area (Å²) in [5, 5.41) is 2.31. The first kappa shape index (κ1) is 18.4. The number of hydrogen-bond acceptors (Lipinski definition) is 4. The van der Waals surface area contributed by atoms with E-state index in [9.17, 15) is 18.0 Å². The maximum absolute atomic E-state index is 13.0. The molecule has 2 atom stereocenters. The Balaban J connectivity index is 2.14. The van der Waals surface area contributed by atoms with Crippen molar-refractivity contribution >= 4 is 21.7 Å². The number of hydrogen-bond donors (Lipinski definition) is 1. The van der Waals surface area contributed by atoms with Crippen LogP contribution in [0.3, 0.4) is 0 Å². The van der Waals surface area contributed by atoms with Crippen LogP contribution in [0.1, 0.15) is 65.2 Å². The van der Waals surface area contributed by atoms with Crippen molar-refractivity contribution in [2.24, 2.45) is 0 Å². The highest BCUT2D eigenvalue weighted by Crippen LogP contribution is 2.30. The molecule has 1 N–H and O–H groups in total. The Bertz CT molecular complexity index is 540. The van der Waals surface area contributed by atoms with Gasteiger partial charge in [-0.3, -0.25) is 9.59 Å². The number of ketones is 1. The van der Waals surface area contributed by atoms with Gasteiger partial charge >= 0.3 is 0 Å². The van der Waals surface area contributed by atoms with E-state index < -0.39 is 22.1 Å². The average molecular weight is 344 g/mol. The van der Waals surface area contributed by atoms with Crippen LogP contribution in [-0.4, -0.2) is 48.3 Å². The van der Waals surface area contributed by atoms with Crippen molar-refractivity contribution in [2.75, 3.05) is 6.54 Å². The van der Waals surface area contributed by atoms with E-state index >= 15 is 0 Å². The fourth-order valence-corrected chi connectivity index (χ4v) is 5.69. The second-order valence-corrected chi connectivity index (χ2v) is 8.93. The quantitative estimate of drug-likeness (QED) is 0.821. The fraction of sp³-hybridized carbons (Fsp3) is 0.875. The minimum atomic E-state index is -3.45. The van der Waals surface area contributed by atoms with E-state index in [0.717, 1.165) is 32.1 Å². The van der Waals surface area contributed by atoms with Gasteiger partial charge < -0.3 is 5.32 Å². The third kappa shape index (κ3) is 4.32. The maximum Gasteiger partial charge on any atom is 0.239 e. The molecule has 2 fully saturated rings. The molecule has 0 radical (unpaired) electrons. The monoisotopic (exact) mass is 344 g/mol. The standard InChI is InChI=1S/C16H28N2O4S/c1-12(13(2)19)17-16(20)15-10-6-7-11-18(15)23(21,22)14-8-4-3-5-9-14/h12,14-15H,3-11H2,1-2H3,(H,17,20)/t12-,15+/m1/s1. The SMILES string of the molecule is CC(=O)[C@@H](C)NC(=O)[C@@H]1CCCCN1S(=O)(=O)C1CCCCC1. The molecular formula is C16H28N2O4S. The van der Waals surface area contributed by atoms with Crippen LogP contribution in [0, 0.1) is 0 Å². The third-order valence-corrected chi connectivity index (χ3v) is 7.43. The van der Waals surface area contributed by atoms with Gasteiger partial charge in [-0.15, -0.1) is 0 Å². The minimum Gasteiger partial charge on any atom is -0.345 e. The molecule has 0 aromatic carbocycles. The highest BCUT2D eigenvalue weighted by molar-refractivity contribution is 7.89. The van der Waals surface area contributed by atoms with E-state index in [4.69, 9.17) is 0 Å². The molecule has 132 valence electrons. The molecule has 0 aromatic rings. The van der Waals surface area contributed by atoms with E-state index in [0.29, 0.717) is 25.8 Å². The number of carbonyl (C=O) groups is 2. The Kier molecular flexibility index (Phi) is 6.19. The van der Waals surface area contributed by atoms with Crippen molar-refractivity contribution in [1.82, 2.24) is 9.62 Å². The number of piperidine rings is 1. The minimum absolute atomic E-state index is 0.129. The molecule has 0 aromatic heterocycles. The molecule has 23 heavy (non-hydrogen) atoms. The molecule has 1 saturated heterocycles. The van der Waals surface area contributed by atoms with Gasteiger partial charge in [0.1, 0.15) is 6.04 Å². The molecule has 0 bridgehead atoms. The van der Waals surface area contributed by atoms with Crippen molar-refractivity contribution in [3.05, 3.63) is 0 Å². The number of nitrogens with one attached hydrogen (secondary N) is 1. The normalized spacial score (nSPS) is 25.7. The average Bonchev–Trinajstić information content (AvgIpc) is 2.55. The molecule has 6 nitrogen and oxygen atoms in total. The lowest BCUT2D eigenvalue weighted by atomic mass is 10.0. The molecule has 1 amide bonds. The van der Waals surface area contributed by atoms with Crippen molar-refractivity contribution in [3.8, 4) is 0 Å². The Hall–Kier alpha value is -0.950. The summed E-state index contributed by atoms with van der Waals surface area (Å²) >= 11 is 0. The van der Waals surface area contributed by atoms with Crippen LogP contribution in [-0.2, 0) is 19.6 Å². The molecule has 2 aliphatic rings. The fourth-order valence-electron chi connectivity index (χ4n) is 3.44. The predicted molar refractivity (Wildman–Crippen MR) is 88.4 cm³/mol. The van der Waals surface area contributed by atoms with Crippen LogP contribution in [0.4, 0.5) is 0 Å². The first-order valence-electron chi connectivity index (χ1n) is 8.65. The zero-order valence-corrected chi connectivity index (χ0v) is 14.9. The van der Waals surface area contributed by atoms with Gasteiger partial charge in [-0.25, -0.2) is 8.42 Å². The van der Waals surface area contributed by atoms with E-state index in [-0.39, 0.29) is 16.9 Å². The Labute approximate surface area is 139 Å². The summed E-state index contributed by atoms with van der Waals surface area (Å²) in [6, 6.07) is -1.25. The van der Waals surface area contributed by atoms with Crippen LogP contribution < -0.4 is 5.32 Å². The summed E-state index contributed by atoms with van der Waals surface area (Å²) in [6.07, 6.45) is 6.51. The molecule has 1 heterocycles. The van der Waals surface area contributed by atoms with Gasteiger partial charge in [0.2, 0.25) is 15.9 Å². The summed E-state index contributed by atoms with van der Waals surface area (Å²) in [7, 11) is -3.45. The van der Waals surface area contributed by atoms with Crippen molar-refractivity contribution in [3.63, 3.8) is 0 Å². The van der Waals surface area contributed by atoms with Gasteiger partial charge in [0.05, 0.1) is 11.3 Å². The molecule has 0 spiro atoms. The van der Waals surface area contributed by atoms with Crippen LogP contribution in [0.15, 0.2) is 0 Å². The molecule has 1 saturated carbocycles. The maximum atomic E-state index is 13.0. The van der Waals surface area contributed by atoms with Crippen molar-refractivity contribution in [1.29, 1.82) is 0 Å². The number of nitrogens with zero attached hydrogens (tertiary/aromatic N) is 1. The molecule has 7 heteroatoms. The van der Waals surface area contributed by atoms with Crippen LogP contribution in [0.25, 0.3) is 0 Å². The van der Waals surface area contributed by atoms with Gasteiger partial charge in [-0.1, -0.05) is 25.7 Å². The zero-order chi connectivity index (χ0) is 17.0. The number of rotatable bonds is 5. The first-order valence-corrected chi connectivity index (χ1v) is 10.2. The van der Waals surface area contributed by atoms with Gasteiger partial charge in [-0.05, 0) is 39.5 Å². The molecule has 1 aliphatic heterocycles. The number of sulfonamides is 1. The van der Waals surface area contributed by atoms with Crippen LogP contribution in [0.2, 0.25) is 0 Å². The van der Waals surface area contributed by atoms with Crippen LogP contribution >= 0.6 is 0 Å². The van der Waals surface area contributed by atoms with Gasteiger partial charge in [0, 0.05) is 6.54 Å². The van der Waals surface area contributed by atoms with Gasteiger partial charge in [-0.2, -0.15) is 4.31 Å². The molecule has 0 unspecified atom stereocenters. The largest absolute Gasteiger partial charge is 0.345 e. The molecule has 1 aliphatic carbocycles. The number of amides is 1. The third-order valence-electron chi connectivity index (χ3n) is 5.03. The molecular weight excluding hydrogens is 316 g/mol. The lowest BCUT2D eigenvalue weighted by Gasteiger charge is -2.37. The second kappa shape index (κ2) is 7.75. The summed E-state index contributed by atoms with van der Waals surface area (Å²) in [4.78, 5) is 23.8. The van der Waals surface area contributed by atoms with Gasteiger partial charge in [0.15, 0.2) is 5.78 Å². The van der Waals surface area contributed by atoms with Crippen LogP contribution in [0.5, 0.6) is 0 Å². The van der Waals surface area contributed by atoms with Crippen molar-refractivity contribution < 1.29 is 18.0 Å². The van der Waals surface area contributed by atoms with E-state index in [1.54, 1.807) is 6.92 Å². The van der Waals surface area contributed by atoms with E-state index in [1.165, 1.54) is 11.2 Å². The van der Waals surface area contributed by atoms with E-state index in [2.05, 4.69) is 5.32 Å². The number of carbonyl (C=O) groups excluding carboxylic acids is 2. The lowest BCUT2D eigenvalue weighted by molar-refractivity contribution is -0.129. The zero-order valence-electron chi connectivity index (χ0n) is 14.1. The summed E-state index contributed by atoms with van der Waals surface area (Å²) in [5.41, 5.74) is 0. The highest BCUT2D eigenvalue weighted by atomic mass is 32.2. The van der Waals surface area contributed by atoms with Crippen molar-refractivity contribution in [2.45, 2.75) is 82.5 Å². The Morgan fingerprint density at radius 1 is 1.04 bits per heavy atom. The summed E-state index contributed by atoms with van der Waals surface area (Å²) < 4.78 is 27.3. The summed E-state index contributed by atoms with van der Waals surface area (Å²) in [6.45, 7) is 3.46. The lowest BCUT2D eigenvalue weighted by Crippen LogP contribution is -2.56. The Morgan fingerprint density at radius 2 is 1.65 bits per heavy atom. The summed E-state index contributed by atoms with van der Waals surface area (Å²) in [5.74, 6) is -0.470. The highest BCUT2D eigenvalue weighted by Gasteiger charge is 2.41. The Morgan fingerprint density at radius 3 is 2.26 bits per heavy atom. The second-order valence-electron chi connectivity index (χ2n) is 6.77. The smallest absolute Gasteiger partial charge is 0.239 e. The van der Waals surface area contributed by atoms with E-state index in [1.807, 2.05) is 0 Å². The topological polar surface area (TPSA) is 83.6 Å². The molecule has 2 rings (SSSR count). The number of Topliss-reactive ketones (excluding diaryl/α,β-unsaturated/α-hetero) is 1.